The lowest BCUT2D eigenvalue weighted by Gasteiger charge is -2.26. The number of aromatic nitrogens is 1. The van der Waals surface area contributed by atoms with Gasteiger partial charge in [-0.2, -0.15) is 0 Å². The Kier molecular flexibility index (Phi) is 3.19. The number of aliphatic hydroxyl groups excluding tert-OH is 1. The van der Waals surface area contributed by atoms with Gasteiger partial charge in [0.15, 0.2) is 0 Å². The number of hydrogen-bond acceptors (Lipinski definition) is 3. The highest BCUT2D eigenvalue weighted by Crippen LogP contribution is 2.38. The van der Waals surface area contributed by atoms with Crippen LogP contribution in [0.25, 0.3) is 0 Å². The summed E-state index contributed by atoms with van der Waals surface area (Å²) in [6.45, 7) is 2.40. The van der Waals surface area contributed by atoms with E-state index >= 15 is 0 Å². The summed E-state index contributed by atoms with van der Waals surface area (Å²) in [5.41, 5.74) is 0.836. The zero-order chi connectivity index (χ0) is 9.97. The van der Waals surface area contributed by atoms with Crippen molar-refractivity contribution in [1.82, 2.24) is 4.98 Å². The summed E-state index contributed by atoms with van der Waals surface area (Å²) < 4.78 is 0. The lowest BCUT2D eigenvalue weighted by molar-refractivity contribution is 0.276. The molecule has 2 nitrogen and oxygen atoms in total. The Bertz CT molecular complexity index is 297. The summed E-state index contributed by atoms with van der Waals surface area (Å²) in [5, 5.41) is 12.2. The average molecular weight is 211 g/mol. The van der Waals surface area contributed by atoms with E-state index in [0.717, 1.165) is 11.6 Å². The molecule has 1 heterocycles. The lowest BCUT2D eigenvalue weighted by atomic mass is 9.81. The average Bonchev–Trinajstić information content (AvgIpc) is 2.67. The summed E-state index contributed by atoms with van der Waals surface area (Å²) in [6.07, 6.45) is 5.32. The van der Waals surface area contributed by atoms with Gasteiger partial charge in [0, 0.05) is 11.3 Å². The summed E-state index contributed by atoms with van der Waals surface area (Å²) in [5.74, 6) is 1.41. The molecule has 1 aromatic heterocycles. The van der Waals surface area contributed by atoms with Crippen molar-refractivity contribution in [3.63, 3.8) is 0 Å². The molecule has 2 rings (SSSR count). The molecule has 14 heavy (non-hydrogen) atoms. The van der Waals surface area contributed by atoms with Gasteiger partial charge in [-0.05, 0) is 12.3 Å². The van der Waals surface area contributed by atoms with Crippen LogP contribution in [0.5, 0.6) is 0 Å². The maximum absolute atomic E-state index is 8.96. The van der Waals surface area contributed by atoms with Crippen molar-refractivity contribution >= 4 is 11.3 Å². The molecular weight excluding hydrogens is 194 g/mol. The fraction of sp³-hybridized carbons (Fsp3) is 0.727. The molecule has 1 N–H and O–H groups in total. The Hall–Kier alpha value is -0.410. The zero-order valence-electron chi connectivity index (χ0n) is 8.57. The van der Waals surface area contributed by atoms with Gasteiger partial charge >= 0.3 is 0 Å². The molecule has 1 aromatic rings. The Balaban J connectivity index is 2.12. The molecule has 78 valence electrons. The Morgan fingerprint density at radius 2 is 2.29 bits per heavy atom. The van der Waals surface area contributed by atoms with Crippen molar-refractivity contribution in [2.75, 3.05) is 0 Å². The number of aliphatic hydroxyl groups is 1. The minimum Gasteiger partial charge on any atom is -0.390 e. The first-order valence-corrected chi connectivity index (χ1v) is 6.24. The van der Waals surface area contributed by atoms with Crippen LogP contribution in [0.2, 0.25) is 0 Å². The quantitative estimate of drug-likeness (QED) is 0.816. The Labute approximate surface area is 89.0 Å². The summed E-state index contributed by atoms with van der Waals surface area (Å²) in [6, 6.07) is 0. The van der Waals surface area contributed by atoms with Crippen molar-refractivity contribution < 1.29 is 5.11 Å². The number of thiazole rings is 1. The molecule has 0 saturated heterocycles. The van der Waals surface area contributed by atoms with E-state index in [4.69, 9.17) is 5.11 Å². The number of rotatable bonds is 2. The molecule has 0 spiro atoms. The molecule has 2 unspecified atom stereocenters. The Morgan fingerprint density at radius 3 is 2.93 bits per heavy atom. The van der Waals surface area contributed by atoms with Gasteiger partial charge < -0.3 is 5.11 Å². The molecule has 1 aliphatic rings. The van der Waals surface area contributed by atoms with Crippen LogP contribution < -0.4 is 0 Å². The molecule has 1 fully saturated rings. The first kappa shape index (κ1) is 10.1. The van der Waals surface area contributed by atoms with Crippen LogP contribution in [0.4, 0.5) is 0 Å². The third kappa shape index (κ3) is 1.98. The molecule has 0 radical (unpaired) electrons. The normalized spacial score (nSPS) is 27.9. The van der Waals surface area contributed by atoms with E-state index in [1.54, 1.807) is 11.3 Å². The third-order valence-corrected chi connectivity index (χ3v) is 4.19. The van der Waals surface area contributed by atoms with Crippen LogP contribution in [0, 0.1) is 5.92 Å². The van der Waals surface area contributed by atoms with Crippen molar-refractivity contribution in [2.45, 2.75) is 45.1 Å². The van der Waals surface area contributed by atoms with Crippen LogP contribution in [-0.2, 0) is 6.61 Å². The van der Waals surface area contributed by atoms with Gasteiger partial charge in [-0.3, -0.25) is 0 Å². The first-order valence-electron chi connectivity index (χ1n) is 5.36. The van der Waals surface area contributed by atoms with Gasteiger partial charge in [-0.1, -0.05) is 26.2 Å². The summed E-state index contributed by atoms with van der Waals surface area (Å²) >= 11 is 1.71. The van der Waals surface area contributed by atoms with Crippen molar-refractivity contribution in [3.05, 3.63) is 16.1 Å². The topological polar surface area (TPSA) is 33.1 Å². The molecule has 0 aromatic carbocycles. The van der Waals surface area contributed by atoms with Crippen molar-refractivity contribution in [2.24, 2.45) is 5.92 Å². The smallest absolute Gasteiger partial charge is 0.0962 e. The highest BCUT2D eigenvalue weighted by atomic mass is 32.1. The van der Waals surface area contributed by atoms with E-state index in [-0.39, 0.29) is 6.61 Å². The summed E-state index contributed by atoms with van der Waals surface area (Å²) in [4.78, 5) is 4.47. The van der Waals surface area contributed by atoms with Gasteiger partial charge in [-0.15, -0.1) is 11.3 Å². The number of hydrogen-bond donors (Lipinski definition) is 1. The molecule has 0 aliphatic heterocycles. The SMILES string of the molecule is CC1CCCCC1c1nc(CO)cs1. The molecule has 2 atom stereocenters. The van der Waals surface area contributed by atoms with E-state index in [1.807, 2.05) is 5.38 Å². The predicted molar refractivity (Wildman–Crippen MR) is 58.4 cm³/mol. The molecule has 0 bridgehead atoms. The van der Waals surface area contributed by atoms with Gasteiger partial charge in [-0.25, -0.2) is 4.98 Å². The standard InChI is InChI=1S/C11H17NOS/c1-8-4-2-3-5-10(8)11-12-9(6-13)7-14-11/h7-8,10,13H,2-6H2,1H3. The monoisotopic (exact) mass is 211 g/mol. The fourth-order valence-electron chi connectivity index (χ4n) is 2.25. The van der Waals surface area contributed by atoms with E-state index in [2.05, 4.69) is 11.9 Å². The second-order valence-electron chi connectivity index (χ2n) is 4.20. The lowest BCUT2D eigenvalue weighted by Crippen LogP contribution is -2.14. The molecule has 1 saturated carbocycles. The Morgan fingerprint density at radius 1 is 1.50 bits per heavy atom. The maximum atomic E-state index is 8.96. The number of nitrogens with zero attached hydrogens (tertiary/aromatic N) is 1. The molecular formula is C11H17NOS. The minimum atomic E-state index is 0.0810. The van der Waals surface area contributed by atoms with Crippen LogP contribution >= 0.6 is 11.3 Å². The van der Waals surface area contributed by atoms with Crippen molar-refractivity contribution in [3.8, 4) is 0 Å². The highest BCUT2D eigenvalue weighted by Gasteiger charge is 2.25. The van der Waals surface area contributed by atoms with Crippen LogP contribution in [0.3, 0.4) is 0 Å². The fourth-order valence-corrected chi connectivity index (χ4v) is 3.33. The second-order valence-corrected chi connectivity index (χ2v) is 5.09. The second kappa shape index (κ2) is 4.41. The zero-order valence-corrected chi connectivity index (χ0v) is 9.39. The van der Waals surface area contributed by atoms with Gasteiger partial charge in [0.25, 0.3) is 0 Å². The van der Waals surface area contributed by atoms with E-state index < -0.39 is 0 Å². The largest absolute Gasteiger partial charge is 0.390 e. The summed E-state index contributed by atoms with van der Waals surface area (Å²) in [7, 11) is 0. The van der Waals surface area contributed by atoms with Crippen molar-refractivity contribution in [1.29, 1.82) is 0 Å². The molecule has 1 aliphatic carbocycles. The highest BCUT2D eigenvalue weighted by molar-refractivity contribution is 7.09. The van der Waals surface area contributed by atoms with Gasteiger partial charge in [0.2, 0.25) is 0 Å². The van der Waals surface area contributed by atoms with Crippen LogP contribution in [0.1, 0.15) is 49.2 Å². The predicted octanol–water partition coefficient (Wildman–Crippen LogP) is 2.93. The van der Waals surface area contributed by atoms with Gasteiger partial charge in [0.1, 0.15) is 0 Å². The molecule has 3 heteroatoms. The third-order valence-electron chi connectivity index (χ3n) is 3.16. The first-order chi connectivity index (χ1) is 6.81. The maximum Gasteiger partial charge on any atom is 0.0962 e. The van der Waals surface area contributed by atoms with E-state index in [0.29, 0.717) is 5.92 Å². The van der Waals surface area contributed by atoms with Gasteiger partial charge in [0.05, 0.1) is 17.3 Å². The van der Waals surface area contributed by atoms with E-state index in [9.17, 15) is 0 Å². The van der Waals surface area contributed by atoms with Crippen LogP contribution in [0.15, 0.2) is 5.38 Å². The minimum absolute atomic E-state index is 0.0810. The van der Waals surface area contributed by atoms with E-state index in [1.165, 1.54) is 30.7 Å². The molecule has 0 amide bonds. The van der Waals surface area contributed by atoms with Crippen LogP contribution in [-0.4, -0.2) is 10.1 Å².